The minimum Gasteiger partial charge on any atom is -0.310 e. The Morgan fingerprint density at radius 1 is 0.324 bits per heavy atom. The number of nitrogens with zero attached hydrogens (tertiary/aromatic N) is 2. The summed E-state index contributed by atoms with van der Waals surface area (Å²) in [5, 5.41) is 7.52. The average Bonchev–Trinajstić information content (AvgIpc) is 3.70. The van der Waals surface area contributed by atoms with Crippen molar-refractivity contribution in [2.75, 3.05) is 9.80 Å². The van der Waals surface area contributed by atoms with Crippen LogP contribution in [0.25, 0.3) is 54.6 Å². The van der Waals surface area contributed by atoms with Crippen LogP contribution in [0.15, 0.2) is 182 Å². The summed E-state index contributed by atoms with van der Waals surface area (Å²) in [5.74, 6) is 0. The van der Waals surface area contributed by atoms with Crippen LogP contribution in [0.1, 0.15) is 103 Å². The quantitative estimate of drug-likeness (QED) is 0.154. The molecule has 0 aromatic heterocycles. The lowest BCUT2D eigenvalue weighted by molar-refractivity contribution is 0.590. The Morgan fingerprint density at radius 2 is 0.662 bits per heavy atom. The Bertz CT molecular complexity index is 3390. The molecule has 0 saturated heterocycles. The van der Waals surface area contributed by atoms with E-state index in [1.165, 1.54) is 99.3 Å². The van der Waals surface area contributed by atoms with E-state index in [1.807, 2.05) is 0 Å². The molecule has 0 amide bonds. The molecule has 2 nitrogen and oxygen atoms in total. The minimum absolute atomic E-state index is 0.0420. The molecule has 0 atom stereocenters. The summed E-state index contributed by atoms with van der Waals surface area (Å²) in [5.41, 5.74) is 20.3. The molecule has 0 saturated carbocycles. The number of benzene rings is 10. The molecule has 10 aromatic carbocycles. The third kappa shape index (κ3) is 6.29. The van der Waals surface area contributed by atoms with Gasteiger partial charge in [-0.2, -0.15) is 0 Å². The largest absolute Gasteiger partial charge is 0.310 e. The van der Waals surface area contributed by atoms with Crippen LogP contribution < -0.4 is 9.80 Å². The summed E-state index contributed by atoms with van der Waals surface area (Å²) in [6, 6.07) is 69.6. The molecular formula is C66H60N2. The van der Waals surface area contributed by atoms with Gasteiger partial charge in [0.05, 0.1) is 11.4 Å². The summed E-state index contributed by atoms with van der Waals surface area (Å²) in [6.45, 7) is 23.2. The smallest absolute Gasteiger partial charge is 0.0540 e. The maximum absolute atomic E-state index is 2.50. The highest BCUT2D eigenvalue weighted by Crippen LogP contribution is 2.54. The Kier molecular flexibility index (Phi) is 9.11. The van der Waals surface area contributed by atoms with Gasteiger partial charge in [-0.25, -0.2) is 0 Å². The van der Waals surface area contributed by atoms with Gasteiger partial charge < -0.3 is 9.80 Å². The number of hydrogen-bond acceptors (Lipinski definition) is 2. The van der Waals surface area contributed by atoms with Crippen molar-refractivity contribution < 1.29 is 0 Å². The maximum atomic E-state index is 2.50. The predicted octanol–water partition coefficient (Wildman–Crippen LogP) is 18.7. The Labute approximate surface area is 402 Å². The third-order valence-corrected chi connectivity index (χ3v) is 15.7. The van der Waals surface area contributed by atoms with E-state index < -0.39 is 0 Å². The van der Waals surface area contributed by atoms with Crippen molar-refractivity contribution in [3.05, 3.63) is 215 Å². The molecule has 0 heterocycles. The zero-order valence-corrected chi connectivity index (χ0v) is 41.2. The highest BCUT2D eigenvalue weighted by molar-refractivity contribution is 6.28. The zero-order valence-electron chi connectivity index (χ0n) is 41.2. The molecular weight excluding hydrogens is 821 g/mol. The molecule has 2 aliphatic carbocycles. The van der Waals surface area contributed by atoms with Crippen LogP contribution in [0.4, 0.5) is 34.1 Å². The average molecular weight is 881 g/mol. The molecule has 12 rings (SSSR count). The predicted molar refractivity (Wildman–Crippen MR) is 292 cm³/mol. The first-order chi connectivity index (χ1) is 32.5. The fourth-order valence-corrected chi connectivity index (χ4v) is 11.9. The lowest BCUT2D eigenvalue weighted by Crippen LogP contribution is -2.16. The lowest BCUT2D eigenvalue weighted by atomic mass is 9.82. The van der Waals surface area contributed by atoms with Gasteiger partial charge in [0, 0.05) is 44.4 Å². The topological polar surface area (TPSA) is 6.48 Å². The van der Waals surface area contributed by atoms with Crippen LogP contribution in [0.2, 0.25) is 0 Å². The van der Waals surface area contributed by atoms with E-state index in [4.69, 9.17) is 0 Å². The SMILES string of the molecule is CC(C)(C)c1ccc(N(c2ccc3c(c2)-c2ccccc2C3(C)C)c2ccc3ccc4c(N(c5ccc(C(C)(C)C)cc5)c5ccc6c(c5)-c5ccccc5C6(C)C)ccc5ccc2c3c54)cc1. The van der Waals surface area contributed by atoms with Crippen LogP contribution in [0.3, 0.4) is 0 Å². The molecule has 0 fully saturated rings. The fourth-order valence-electron chi connectivity index (χ4n) is 11.9. The van der Waals surface area contributed by atoms with Crippen LogP contribution in [-0.2, 0) is 21.7 Å². The van der Waals surface area contributed by atoms with Gasteiger partial charge in [0.25, 0.3) is 0 Å². The zero-order chi connectivity index (χ0) is 47.1. The van der Waals surface area contributed by atoms with Gasteiger partial charge in [-0.15, -0.1) is 0 Å². The maximum Gasteiger partial charge on any atom is 0.0540 e. The van der Waals surface area contributed by atoms with Crippen LogP contribution in [0, 0.1) is 0 Å². The summed E-state index contributed by atoms with van der Waals surface area (Å²) in [7, 11) is 0. The molecule has 10 aromatic rings. The molecule has 0 radical (unpaired) electrons. The second-order valence-corrected chi connectivity index (χ2v) is 22.7. The van der Waals surface area contributed by atoms with Crippen LogP contribution in [-0.4, -0.2) is 0 Å². The fraction of sp³-hybridized carbons (Fsp3) is 0.212. The van der Waals surface area contributed by atoms with Crippen molar-refractivity contribution in [1.82, 2.24) is 0 Å². The van der Waals surface area contributed by atoms with E-state index in [2.05, 4.69) is 261 Å². The molecule has 0 N–H and O–H groups in total. The normalized spacial score (nSPS) is 14.6. The second-order valence-electron chi connectivity index (χ2n) is 22.7. The summed E-state index contributed by atoms with van der Waals surface area (Å²) >= 11 is 0. The van der Waals surface area contributed by atoms with Gasteiger partial charge in [0.15, 0.2) is 0 Å². The Balaban J connectivity index is 1.08. The van der Waals surface area contributed by atoms with Gasteiger partial charge in [0.1, 0.15) is 0 Å². The number of fused-ring (bicyclic) bond motifs is 6. The van der Waals surface area contributed by atoms with E-state index in [0.717, 1.165) is 22.7 Å². The molecule has 0 bridgehead atoms. The first kappa shape index (κ1) is 42.2. The van der Waals surface area contributed by atoms with E-state index in [0.29, 0.717) is 0 Å². The highest BCUT2D eigenvalue weighted by atomic mass is 15.2. The second kappa shape index (κ2) is 14.7. The van der Waals surface area contributed by atoms with Crippen molar-refractivity contribution in [2.24, 2.45) is 0 Å². The summed E-state index contributed by atoms with van der Waals surface area (Å²) < 4.78 is 0. The van der Waals surface area contributed by atoms with E-state index in [9.17, 15) is 0 Å². The van der Waals surface area contributed by atoms with Crippen LogP contribution >= 0.6 is 0 Å². The standard InChI is InChI=1S/C66H60N2/c1-63(2,3)43-23-27-45(28-24-43)67(47-31-35-57-53(39-47)49-15-11-13-17-55(49)65(57,7)8)59-37-21-41-20-34-52-60(38-22-42-19-33-51(59)61(41)62(42)52)68(46-29-25-44(26-30-46)64(4,5)6)48-32-36-58-54(40-48)50-16-12-14-18-56(50)66(58,9)10/h11-40H,1-10H3. The molecule has 68 heavy (non-hydrogen) atoms. The first-order valence-corrected chi connectivity index (χ1v) is 24.5. The van der Waals surface area contributed by atoms with E-state index >= 15 is 0 Å². The highest BCUT2D eigenvalue weighted by Gasteiger charge is 2.37. The van der Waals surface area contributed by atoms with Crippen molar-refractivity contribution in [1.29, 1.82) is 0 Å². The van der Waals surface area contributed by atoms with Gasteiger partial charge in [-0.05, 0) is 149 Å². The van der Waals surface area contributed by atoms with Crippen molar-refractivity contribution >= 4 is 66.4 Å². The number of hydrogen-bond donors (Lipinski definition) is 0. The summed E-state index contributed by atoms with van der Waals surface area (Å²) in [4.78, 5) is 5.00. The number of anilines is 6. The summed E-state index contributed by atoms with van der Waals surface area (Å²) in [6.07, 6.45) is 0. The monoisotopic (exact) mass is 880 g/mol. The van der Waals surface area contributed by atoms with Crippen molar-refractivity contribution in [3.8, 4) is 22.3 Å². The molecule has 0 aliphatic heterocycles. The Morgan fingerprint density at radius 3 is 1.04 bits per heavy atom. The first-order valence-electron chi connectivity index (χ1n) is 24.5. The van der Waals surface area contributed by atoms with Crippen molar-refractivity contribution in [3.63, 3.8) is 0 Å². The molecule has 2 heteroatoms. The van der Waals surface area contributed by atoms with E-state index in [-0.39, 0.29) is 21.7 Å². The lowest BCUT2D eigenvalue weighted by Gasteiger charge is -2.31. The van der Waals surface area contributed by atoms with E-state index in [1.54, 1.807) is 0 Å². The number of rotatable bonds is 6. The van der Waals surface area contributed by atoms with Crippen molar-refractivity contribution in [2.45, 2.75) is 90.9 Å². The molecule has 0 spiro atoms. The van der Waals surface area contributed by atoms with Gasteiger partial charge in [-0.1, -0.05) is 191 Å². The van der Waals surface area contributed by atoms with Gasteiger partial charge >= 0.3 is 0 Å². The Hall–Kier alpha value is -7.16. The molecule has 0 unspecified atom stereocenters. The molecule has 2 aliphatic rings. The molecule has 334 valence electrons. The minimum atomic E-state index is -0.0717. The van der Waals surface area contributed by atoms with Gasteiger partial charge in [0.2, 0.25) is 0 Å². The van der Waals surface area contributed by atoms with Gasteiger partial charge in [-0.3, -0.25) is 0 Å². The third-order valence-electron chi connectivity index (χ3n) is 15.7. The van der Waals surface area contributed by atoms with Crippen LogP contribution in [0.5, 0.6) is 0 Å².